The third-order valence-corrected chi connectivity index (χ3v) is 5.05. The van der Waals surface area contributed by atoms with Crippen LogP contribution < -0.4 is 5.32 Å². The molecule has 2 atom stereocenters. The predicted molar refractivity (Wildman–Crippen MR) is 74.1 cm³/mol. The van der Waals surface area contributed by atoms with Gasteiger partial charge < -0.3 is 10.2 Å². The van der Waals surface area contributed by atoms with Crippen molar-refractivity contribution in [2.75, 3.05) is 18.6 Å². The lowest BCUT2D eigenvalue weighted by molar-refractivity contribution is -0.140. The molecule has 1 aliphatic heterocycles. The van der Waals surface area contributed by atoms with Crippen LogP contribution >= 0.6 is 0 Å². The minimum Gasteiger partial charge on any atom is -0.342 e. The van der Waals surface area contributed by atoms with Crippen molar-refractivity contribution in [3.8, 4) is 0 Å². The van der Waals surface area contributed by atoms with E-state index in [0.717, 1.165) is 25.7 Å². The van der Waals surface area contributed by atoms with Gasteiger partial charge in [0.25, 0.3) is 0 Å². The number of hydrogen-bond acceptors (Lipinski definition) is 3. The number of nitrogens with one attached hydrogen (secondary N) is 1. The quantitative estimate of drug-likeness (QED) is 0.817. The molecule has 1 saturated heterocycles. The maximum atomic E-state index is 12.8. The predicted octanol–water partition coefficient (Wildman–Crippen LogP) is 0.415. The van der Waals surface area contributed by atoms with Crippen LogP contribution in [0, 0.1) is 0 Å². The average Bonchev–Trinajstić information content (AvgIpc) is 2.72. The van der Waals surface area contributed by atoms with Gasteiger partial charge >= 0.3 is 0 Å². The normalized spacial score (nSPS) is 26.1. The lowest BCUT2D eigenvalue weighted by Gasteiger charge is -2.35. The molecule has 1 spiro atoms. The van der Waals surface area contributed by atoms with Gasteiger partial charge in [0, 0.05) is 41.8 Å². The summed E-state index contributed by atoms with van der Waals surface area (Å²) in [6, 6.07) is -0.0801. The molecule has 2 fully saturated rings. The Morgan fingerprint density at radius 1 is 1.37 bits per heavy atom. The van der Waals surface area contributed by atoms with Crippen molar-refractivity contribution in [1.29, 1.82) is 0 Å². The van der Waals surface area contributed by atoms with Crippen molar-refractivity contribution < 1.29 is 13.8 Å². The van der Waals surface area contributed by atoms with E-state index in [2.05, 4.69) is 5.32 Å². The van der Waals surface area contributed by atoms with E-state index in [0.29, 0.717) is 18.7 Å². The Labute approximate surface area is 116 Å². The molecule has 2 unspecified atom stereocenters. The number of carbonyl (C=O) groups excluding carboxylic acids is 2. The Bertz CT molecular complexity index is 405. The molecule has 1 N–H and O–H groups in total. The minimum absolute atomic E-state index is 0.0220. The van der Waals surface area contributed by atoms with Gasteiger partial charge in [0.05, 0.1) is 0 Å². The Kier molecular flexibility index (Phi) is 4.28. The fraction of sp³-hybridized carbons (Fsp3) is 0.846. The third-order valence-electron chi connectivity index (χ3n) is 4.09. The average molecular weight is 286 g/mol. The van der Waals surface area contributed by atoms with E-state index >= 15 is 0 Å². The van der Waals surface area contributed by atoms with Crippen LogP contribution in [0.5, 0.6) is 0 Å². The third kappa shape index (κ3) is 2.99. The number of carbonyl (C=O) groups is 2. The van der Waals surface area contributed by atoms with Gasteiger partial charge in [-0.05, 0) is 19.8 Å². The van der Waals surface area contributed by atoms with Crippen LogP contribution in [0.2, 0.25) is 0 Å². The van der Waals surface area contributed by atoms with Gasteiger partial charge in [0.15, 0.2) is 0 Å². The second-order valence-electron chi connectivity index (χ2n) is 5.67. The lowest BCUT2D eigenvalue weighted by atomic mass is 9.95. The molecule has 1 heterocycles. The zero-order valence-corrected chi connectivity index (χ0v) is 12.4. The van der Waals surface area contributed by atoms with Gasteiger partial charge in [0.2, 0.25) is 11.8 Å². The molecule has 1 aliphatic carbocycles. The summed E-state index contributed by atoms with van der Waals surface area (Å²) in [5, 5.41) is 2.94. The fourth-order valence-corrected chi connectivity index (χ4v) is 4.01. The Balaban J connectivity index is 2.21. The monoisotopic (exact) mass is 286 g/mol. The van der Waals surface area contributed by atoms with Crippen LogP contribution in [0.1, 0.15) is 39.0 Å². The molecule has 0 bridgehead atoms. The topological polar surface area (TPSA) is 66.5 Å². The fourth-order valence-electron chi connectivity index (χ4n) is 3.15. The molecule has 0 aromatic heterocycles. The van der Waals surface area contributed by atoms with E-state index in [1.807, 2.05) is 6.92 Å². The van der Waals surface area contributed by atoms with Crippen molar-refractivity contribution in [3.05, 3.63) is 0 Å². The van der Waals surface area contributed by atoms with Gasteiger partial charge in [-0.1, -0.05) is 12.8 Å². The highest BCUT2D eigenvalue weighted by Gasteiger charge is 2.47. The minimum atomic E-state index is -0.939. The largest absolute Gasteiger partial charge is 0.342 e. The summed E-state index contributed by atoms with van der Waals surface area (Å²) >= 11 is 0. The molecule has 0 radical (unpaired) electrons. The highest BCUT2D eigenvalue weighted by atomic mass is 32.2. The zero-order chi connectivity index (χ0) is 14.0. The van der Waals surface area contributed by atoms with Crippen molar-refractivity contribution >= 4 is 22.6 Å². The van der Waals surface area contributed by atoms with Gasteiger partial charge in [-0.15, -0.1) is 0 Å². The molecular formula is C13H22N2O3S. The first-order valence-corrected chi connectivity index (χ1v) is 8.59. The summed E-state index contributed by atoms with van der Waals surface area (Å²) in [5.74, 6) is 0.451. The van der Waals surface area contributed by atoms with Crippen LogP contribution in [-0.2, 0) is 20.4 Å². The Morgan fingerprint density at radius 2 is 2.00 bits per heavy atom. The highest BCUT2D eigenvalue weighted by Crippen LogP contribution is 2.33. The first-order valence-electron chi connectivity index (χ1n) is 6.87. The van der Waals surface area contributed by atoms with E-state index in [1.165, 1.54) is 0 Å². The second-order valence-corrected chi connectivity index (χ2v) is 7.15. The van der Waals surface area contributed by atoms with E-state index in [4.69, 9.17) is 0 Å². The van der Waals surface area contributed by atoms with E-state index < -0.39 is 16.3 Å². The first kappa shape index (κ1) is 14.5. The molecule has 5 nitrogen and oxygen atoms in total. The molecule has 0 aromatic carbocycles. The number of nitrogens with zero attached hydrogens (tertiary/aromatic N) is 1. The summed E-state index contributed by atoms with van der Waals surface area (Å²) in [4.78, 5) is 26.3. The van der Waals surface area contributed by atoms with E-state index in [-0.39, 0.29) is 17.9 Å². The van der Waals surface area contributed by atoms with Crippen molar-refractivity contribution in [2.24, 2.45) is 0 Å². The van der Waals surface area contributed by atoms with Gasteiger partial charge in [-0.3, -0.25) is 13.8 Å². The van der Waals surface area contributed by atoms with Crippen molar-refractivity contribution in [1.82, 2.24) is 10.2 Å². The first-order chi connectivity index (χ1) is 8.94. The van der Waals surface area contributed by atoms with Crippen LogP contribution in [0.4, 0.5) is 0 Å². The highest BCUT2D eigenvalue weighted by molar-refractivity contribution is 7.84. The van der Waals surface area contributed by atoms with E-state index in [9.17, 15) is 13.8 Å². The van der Waals surface area contributed by atoms with Gasteiger partial charge in [-0.2, -0.15) is 0 Å². The molecule has 1 saturated carbocycles. The van der Waals surface area contributed by atoms with Crippen molar-refractivity contribution in [3.63, 3.8) is 0 Å². The van der Waals surface area contributed by atoms with Crippen LogP contribution in [0.25, 0.3) is 0 Å². The summed E-state index contributed by atoms with van der Waals surface area (Å²) < 4.78 is 11.4. The smallest absolute Gasteiger partial charge is 0.248 e. The molecule has 2 aliphatic rings. The molecule has 19 heavy (non-hydrogen) atoms. The summed E-state index contributed by atoms with van der Waals surface area (Å²) in [5.41, 5.74) is -0.683. The molecule has 6 heteroatoms. The summed E-state index contributed by atoms with van der Waals surface area (Å²) in [7, 11) is -0.939. The Morgan fingerprint density at radius 3 is 2.58 bits per heavy atom. The number of amides is 2. The number of hydrogen-bond donors (Lipinski definition) is 1. The molecule has 2 rings (SSSR count). The standard InChI is InChI=1S/C13H22N2O3S/c1-10(9-19(2)18)15-8-5-11(16)14-13(12(15)17)6-3-4-7-13/h10H,3-9H2,1-2H3,(H,14,16). The number of rotatable bonds is 3. The maximum absolute atomic E-state index is 12.8. The SMILES string of the molecule is CC(CS(C)=O)N1CCC(=O)NC2(CCCC2)C1=O. The van der Waals surface area contributed by atoms with Crippen LogP contribution in [0.3, 0.4) is 0 Å². The molecule has 2 amide bonds. The molecule has 0 aromatic rings. The zero-order valence-electron chi connectivity index (χ0n) is 11.6. The Hall–Kier alpha value is -0.910. The lowest BCUT2D eigenvalue weighted by Crippen LogP contribution is -2.57. The summed E-state index contributed by atoms with van der Waals surface area (Å²) in [6.07, 6.45) is 5.41. The van der Waals surface area contributed by atoms with Crippen LogP contribution in [0.15, 0.2) is 0 Å². The van der Waals surface area contributed by atoms with E-state index in [1.54, 1.807) is 11.2 Å². The van der Waals surface area contributed by atoms with Gasteiger partial charge in [0.1, 0.15) is 5.54 Å². The van der Waals surface area contributed by atoms with Crippen LogP contribution in [-0.4, -0.2) is 51.1 Å². The molecular weight excluding hydrogens is 264 g/mol. The molecule has 108 valence electrons. The van der Waals surface area contributed by atoms with Gasteiger partial charge in [-0.25, -0.2) is 0 Å². The maximum Gasteiger partial charge on any atom is 0.248 e. The second kappa shape index (κ2) is 5.61. The van der Waals surface area contributed by atoms with Crippen molar-refractivity contribution in [2.45, 2.75) is 50.6 Å². The summed E-state index contributed by atoms with van der Waals surface area (Å²) in [6.45, 7) is 2.35.